The second kappa shape index (κ2) is 3.74. The first-order valence-electron chi connectivity index (χ1n) is 4.71. The SMILES string of the molecule is CC(C)(C)OC1CN(C(=O)O)CC1N. The van der Waals surface area contributed by atoms with Crippen molar-refractivity contribution in [1.82, 2.24) is 4.90 Å². The zero-order chi connectivity index (χ0) is 10.9. The summed E-state index contributed by atoms with van der Waals surface area (Å²) in [6, 6.07) is -0.217. The summed E-state index contributed by atoms with van der Waals surface area (Å²) in [6.07, 6.45) is -1.12. The smallest absolute Gasteiger partial charge is 0.407 e. The lowest BCUT2D eigenvalue weighted by Crippen LogP contribution is -2.40. The van der Waals surface area contributed by atoms with Crippen LogP contribution in [0.25, 0.3) is 0 Å². The normalized spacial score (nSPS) is 28.1. The Morgan fingerprint density at radius 3 is 2.43 bits per heavy atom. The van der Waals surface area contributed by atoms with Crippen LogP contribution in [0.4, 0.5) is 4.79 Å². The number of hydrogen-bond acceptors (Lipinski definition) is 3. The van der Waals surface area contributed by atoms with Crippen molar-refractivity contribution in [2.45, 2.75) is 38.5 Å². The maximum absolute atomic E-state index is 10.7. The van der Waals surface area contributed by atoms with Gasteiger partial charge in [0.15, 0.2) is 0 Å². The molecule has 1 fully saturated rings. The van der Waals surface area contributed by atoms with Crippen molar-refractivity contribution in [2.75, 3.05) is 13.1 Å². The summed E-state index contributed by atoms with van der Waals surface area (Å²) in [5.74, 6) is 0. The van der Waals surface area contributed by atoms with Crippen molar-refractivity contribution >= 4 is 6.09 Å². The number of nitrogens with two attached hydrogens (primary N) is 1. The number of amides is 1. The molecule has 1 amide bonds. The summed E-state index contributed by atoms with van der Waals surface area (Å²) in [6.45, 7) is 6.53. The standard InChI is InChI=1S/C9H18N2O3/c1-9(2,3)14-7-5-11(8(12)13)4-6(7)10/h6-7H,4-5,10H2,1-3H3,(H,12,13). The Balaban J connectivity index is 2.53. The van der Waals surface area contributed by atoms with Gasteiger partial charge < -0.3 is 20.5 Å². The monoisotopic (exact) mass is 202 g/mol. The number of carboxylic acid groups (broad SMARTS) is 1. The van der Waals surface area contributed by atoms with Crippen LogP contribution in [0.2, 0.25) is 0 Å². The van der Waals surface area contributed by atoms with E-state index in [1.165, 1.54) is 4.90 Å². The van der Waals surface area contributed by atoms with Gasteiger partial charge in [0.2, 0.25) is 0 Å². The Bertz CT molecular complexity index is 225. The van der Waals surface area contributed by atoms with Gasteiger partial charge in [-0.05, 0) is 20.8 Å². The lowest BCUT2D eigenvalue weighted by molar-refractivity contribution is -0.0586. The number of nitrogens with zero attached hydrogens (tertiary/aromatic N) is 1. The summed E-state index contributed by atoms with van der Waals surface area (Å²) in [4.78, 5) is 12.0. The fourth-order valence-corrected chi connectivity index (χ4v) is 1.53. The van der Waals surface area contributed by atoms with Crippen LogP contribution in [0.3, 0.4) is 0 Å². The van der Waals surface area contributed by atoms with Gasteiger partial charge in [0.05, 0.1) is 24.3 Å². The fourth-order valence-electron chi connectivity index (χ4n) is 1.53. The number of carbonyl (C=O) groups is 1. The van der Waals surface area contributed by atoms with E-state index in [4.69, 9.17) is 15.6 Å². The first-order chi connectivity index (χ1) is 6.29. The molecule has 0 aromatic rings. The first kappa shape index (κ1) is 11.3. The van der Waals surface area contributed by atoms with Crippen LogP contribution >= 0.6 is 0 Å². The van der Waals surface area contributed by atoms with Gasteiger partial charge >= 0.3 is 6.09 Å². The van der Waals surface area contributed by atoms with E-state index in [0.29, 0.717) is 13.1 Å². The third-order valence-electron chi connectivity index (χ3n) is 2.08. The van der Waals surface area contributed by atoms with E-state index in [9.17, 15) is 4.79 Å². The Kier molecular flexibility index (Phi) is 3.01. The second-order valence-electron chi connectivity index (χ2n) is 4.62. The average molecular weight is 202 g/mol. The van der Waals surface area contributed by atoms with Gasteiger partial charge in [0, 0.05) is 6.54 Å². The molecule has 2 atom stereocenters. The zero-order valence-electron chi connectivity index (χ0n) is 8.86. The van der Waals surface area contributed by atoms with Crippen LogP contribution < -0.4 is 5.73 Å². The predicted molar refractivity (Wildman–Crippen MR) is 52.2 cm³/mol. The van der Waals surface area contributed by atoms with Crippen molar-refractivity contribution < 1.29 is 14.6 Å². The molecule has 1 saturated heterocycles. The summed E-state index contributed by atoms with van der Waals surface area (Å²) in [5, 5.41) is 8.76. The van der Waals surface area contributed by atoms with Gasteiger partial charge in [-0.15, -0.1) is 0 Å². The van der Waals surface area contributed by atoms with E-state index < -0.39 is 6.09 Å². The van der Waals surface area contributed by atoms with Crippen LogP contribution in [-0.4, -0.2) is 46.9 Å². The van der Waals surface area contributed by atoms with Crippen molar-refractivity contribution in [3.8, 4) is 0 Å². The summed E-state index contributed by atoms with van der Waals surface area (Å²) in [5.41, 5.74) is 5.50. The molecule has 0 aromatic heterocycles. The number of rotatable bonds is 1. The molecule has 3 N–H and O–H groups in total. The highest BCUT2D eigenvalue weighted by Gasteiger charge is 2.35. The van der Waals surface area contributed by atoms with E-state index in [-0.39, 0.29) is 17.7 Å². The fraction of sp³-hybridized carbons (Fsp3) is 0.889. The van der Waals surface area contributed by atoms with E-state index in [2.05, 4.69) is 0 Å². The highest BCUT2D eigenvalue weighted by molar-refractivity contribution is 5.65. The highest BCUT2D eigenvalue weighted by atomic mass is 16.5. The summed E-state index contributed by atoms with van der Waals surface area (Å²) >= 11 is 0. The molecule has 5 heteroatoms. The molecule has 1 aliphatic heterocycles. The minimum atomic E-state index is -0.930. The molecule has 0 saturated carbocycles. The topological polar surface area (TPSA) is 75.8 Å². The number of ether oxygens (including phenoxy) is 1. The molecule has 1 aliphatic rings. The molecule has 0 aromatic carbocycles. The summed E-state index contributed by atoms with van der Waals surface area (Å²) in [7, 11) is 0. The Morgan fingerprint density at radius 1 is 1.50 bits per heavy atom. The predicted octanol–water partition coefficient (Wildman–Crippen LogP) is 0.491. The lowest BCUT2D eigenvalue weighted by atomic mass is 10.1. The van der Waals surface area contributed by atoms with Gasteiger partial charge in [-0.3, -0.25) is 0 Å². The van der Waals surface area contributed by atoms with E-state index in [1.54, 1.807) is 0 Å². The zero-order valence-corrected chi connectivity index (χ0v) is 8.86. The van der Waals surface area contributed by atoms with Crippen LogP contribution in [-0.2, 0) is 4.74 Å². The minimum Gasteiger partial charge on any atom is -0.465 e. The van der Waals surface area contributed by atoms with Crippen molar-refractivity contribution in [3.05, 3.63) is 0 Å². The maximum atomic E-state index is 10.7. The van der Waals surface area contributed by atoms with Crippen LogP contribution in [0, 0.1) is 0 Å². The first-order valence-corrected chi connectivity index (χ1v) is 4.71. The minimum absolute atomic E-state index is 0.189. The molecule has 14 heavy (non-hydrogen) atoms. The molecule has 5 nitrogen and oxygen atoms in total. The summed E-state index contributed by atoms with van der Waals surface area (Å²) < 4.78 is 5.66. The van der Waals surface area contributed by atoms with Gasteiger partial charge in [0.1, 0.15) is 0 Å². The molecule has 1 rings (SSSR count). The van der Waals surface area contributed by atoms with Gasteiger partial charge in [-0.25, -0.2) is 4.79 Å². The number of hydrogen-bond donors (Lipinski definition) is 2. The van der Waals surface area contributed by atoms with Gasteiger partial charge in [0.25, 0.3) is 0 Å². The van der Waals surface area contributed by atoms with E-state index in [0.717, 1.165) is 0 Å². The van der Waals surface area contributed by atoms with Crippen molar-refractivity contribution in [1.29, 1.82) is 0 Å². The van der Waals surface area contributed by atoms with Gasteiger partial charge in [-0.1, -0.05) is 0 Å². The lowest BCUT2D eigenvalue weighted by Gasteiger charge is -2.26. The van der Waals surface area contributed by atoms with Crippen molar-refractivity contribution in [3.63, 3.8) is 0 Å². The molecule has 0 spiro atoms. The number of likely N-dealkylation sites (tertiary alicyclic amines) is 1. The van der Waals surface area contributed by atoms with E-state index in [1.807, 2.05) is 20.8 Å². The van der Waals surface area contributed by atoms with Crippen LogP contribution in [0.5, 0.6) is 0 Å². The Hall–Kier alpha value is -0.810. The van der Waals surface area contributed by atoms with Crippen molar-refractivity contribution in [2.24, 2.45) is 5.73 Å². The molecule has 0 aliphatic carbocycles. The quantitative estimate of drug-likeness (QED) is 0.649. The average Bonchev–Trinajstić information content (AvgIpc) is 2.29. The third kappa shape index (κ3) is 2.85. The molecule has 82 valence electrons. The molecule has 0 bridgehead atoms. The highest BCUT2D eigenvalue weighted by Crippen LogP contribution is 2.18. The van der Waals surface area contributed by atoms with E-state index >= 15 is 0 Å². The van der Waals surface area contributed by atoms with Crippen LogP contribution in [0.15, 0.2) is 0 Å². The maximum Gasteiger partial charge on any atom is 0.407 e. The molecular formula is C9H18N2O3. The second-order valence-corrected chi connectivity index (χ2v) is 4.62. The van der Waals surface area contributed by atoms with Gasteiger partial charge in [-0.2, -0.15) is 0 Å². The Labute approximate surface area is 83.8 Å². The molecule has 2 unspecified atom stereocenters. The Morgan fingerprint density at radius 2 is 2.07 bits per heavy atom. The molecule has 0 radical (unpaired) electrons. The largest absolute Gasteiger partial charge is 0.465 e. The van der Waals surface area contributed by atoms with Crippen LogP contribution in [0.1, 0.15) is 20.8 Å². The third-order valence-corrected chi connectivity index (χ3v) is 2.08. The molecule has 1 heterocycles. The molecular weight excluding hydrogens is 184 g/mol.